The van der Waals surface area contributed by atoms with Crippen LogP contribution in [0, 0.1) is 5.92 Å². The highest BCUT2D eigenvalue weighted by Gasteiger charge is 2.20. The number of ether oxygens (including phenoxy) is 1. The number of piperazine rings is 1. The minimum Gasteiger partial charge on any atom is -0.478 e. The Morgan fingerprint density at radius 2 is 2.10 bits per heavy atom. The van der Waals surface area contributed by atoms with Crippen molar-refractivity contribution >= 4 is 5.95 Å². The van der Waals surface area contributed by atoms with Crippen molar-refractivity contribution in [3.8, 4) is 5.88 Å². The fraction of sp³-hybridized carbons (Fsp3) is 0.714. The first-order valence-corrected chi connectivity index (χ1v) is 7.36. The molecule has 0 spiro atoms. The van der Waals surface area contributed by atoms with Gasteiger partial charge in [0.15, 0.2) is 0 Å². The molecule has 112 valence electrons. The standard InChI is InChI=1S/C14H25N5O/c1-3-20-13-4-5-16-14(17-13)19-8-6-18(7-9-19)11-12(2)10-15/h4-5,12H,3,6-11,15H2,1-2H3. The molecule has 2 heterocycles. The summed E-state index contributed by atoms with van der Waals surface area (Å²) in [4.78, 5) is 13.5. The molecule has 2 rings (SSSR count). The smallest absolute Gasteiger partial charge is 0.228 e. The van der Waals surface area contributed by atoms with E-state index >= 15 is 0 Å². The Labute approximate surface area is 120 Å². The monoisotopic (exact) mass is 279 g/mol. The highest BCUT2D eigenvalue weighted by molar-refractivity contribution is 5.32. The minimum absolute atomic E-state index is 0.555. The zero-order chi connectivity index (χ0) is 14.4. The van der Waals surface area contributed by atoms with E-state index in [4.69, 9.17) is 10.5 Å². The van der Waals surface area contributed by atoms with Crippen LogP contribution in [0.4, 0.5) is 5.95 Å². The van der Waals surface area contributed by atoms with Gasteiger partial charge in [0.05, 0.1) is 6.61 Å². The molecule has 1 aliphatic rings. The maximum atomic E-state index is 5.68. The van der Waals surface area contributed by atoms with E-state index in [1.54, 1.807) is 12.3 Å². The summed E-state index contributed by atoms with van der Waals surface area (Å²) in [7, 11) is 0. The lowest BCUT2D eigenvalue weighted by atomic mass is 10.1. The van der Waals surface area contributed by atoms with E-state index in [0.29, 0.717) is 18.4 Å². The average molecular weight is 279 g/mol. The lowest BCUT2D eigenvalue weighted by molar-refractivity contribution is 0.226. The van der Waals surface area contributed by atoms with Crippen molar-refractivity contribution < 1.29 is 4.74 Å². The second-order valence-corrected chi connectivity index (χ2v) is 5.26. The van der Waals surface area contributed by atoms with Crippen LogP contribution in [0.2, 0.25) is 0 Å². The Morgan fingerprint density at radius 1 is 1.35 bits per heavy atom. The zero-order valence-corrected chi connectivity index (χ0v) is 12.5. The molecule has 1 unspecified atom stereocenters. The summed E-state index contributed by atoms with van der Waals surface area (Å²) < 4.78 is 5.42. The highest BCUT2D eigenvalue weighted by atomic mass is 16.5. The largest absolute Gasteiger partial charge is 0.478 e. The minimum atomic E-state index is 0.555. The number of nitrogens with zero attached hydrogens (tertiary/aromatic N) is 4. The van der Waals surface area contributed by atoms with E-state index in [1.165, 1.54) is 0 Å². The molecule has 0 aliphatic carbocycles. The summed E-state index contributed by atoms with van der Waals surface area (Å²) in [6.07, 6.45) is 1.76. The van der Waals surface area contributed by atoms with E-state index in [2.05, 4.69) is 26.7 Å². The van der Waals surface area contributed by atoms with Crippen LogP contribution in [-0.2, 0) is 0 Å². The Kier molecular flexibility index (Phi) is 5.55. The van der Waals surface area contributed by atoms with E-state index in [1.807, 2.05) is 6.92 Å². The molecule has 0 bridgehead atoms. The molecule has 6 heteroatoms. The summed E-state index contributed by atoms with van der Waals surface area (Å²) >= 11 is 0. The number of anilines is 1. The summed E-state index contributed by atoms with van der Waals surface area (Å²) in [5.74, 6) is 1.97. The van der Waals surface area contributed by atoms with Gasteiger partial charge in [-0.05, 0) is 19.4 Å². The number of hydrogen-bond acceptors (Lipinski definition) is 6. The van der Waals surface area contributed by atoms with Crippen LogP contribution in [0.25, 0.3) is 0 Å². The van der Waals surface area contributed by atoms with Crippen LogP contribution >= 0.6 is 0 Å². The Hall–Kier alpha value is -1.40. The number of aromatic nitrogens is 2. The van der Waals surface area contributed by atoms with Crippen molar-refractivity contribution in [3.05, 3.63) is 12.3 Å². The maximum absolute atomic E-state index is 5.68. The van der Waals surface area contributed by atoms with Gasteiger partial charge in [0.1, 0.15) is 0 Å². The number of rotatable bonds is 6. The molecule has 1 atom stereocenters. The van der Waals surface area contributed by atoms with Gasteiger partial charge in [-0.25, -0.2) is 4.98 Å². The second-order valence-electron chi connectivity index (χ2n) is 5.26. The molecule has 6 nitrogen and oxygen atoms in total. The molecule has 0 amide bonds. The first-order valence-electron chi connectivity index (χ1n) is 7.36. The van der Waals surface area contributed by atoms with Crippen molar-refractivity contribution in [1.82, 2.24) is 14.9 Å². The van der Waals surface area contributed by atoms with Gasteiger partial charge >= 0.3 is 0 Å². The third kappa shape index (κ3) is 4.05. The zero-order valence-electron chi connectivity index (χ0n) is 12.5. The van der Waals surface area contributed by atoms with E-state index < -0.39 is 0 Å². The first-order chi connectivity index (χ1) is 9.72. The molecule has 0 radical (unpaired) electrons. The lowest BCUT2D eigenvalue weighted by Crippen LogP contribution is -2.48. The predicted octanol–water partition coefficient (Wildman–Crippen LogP) is 0.592. The summed E-state index contributed by atoms with van der Waals surface area (Å²) in [6.45, 7) is 10.6. The van der Waals surface area contributed by atoms with Crippen molar-refractivity contribution in [2.24, 2.45) is 11.7 Å². The van der Waals surface area contributed by atoms with Gasteiger partial charge in [0.2, 0.25) is 11.8 Å². The molecule has 1 saturated heterocycles. The van der Waals surface area contributed by atoms with Gasteiger partial charge in [-0.15, -0.1) is 0 Å². The molecular weight excluding hydrogens is 254 g/mol. The van der Waals surface area contributed by atoms with Crippen molar-refractivity contribution in [2.45, 2.75) is 13.8 Å². The molecule has 20 heavy (non-hydrogen) atoms. The lowest BCUT2D eigenvalue weighted by Gasteiger charge is -2.35. The van der Waals surface area contributed by atoms with Crippen LogP contribution in [0.1, 0.15) is 13.8 Å². The van der Waals surface area contributed by atoms with Gasteiger partial charge in [0.25, 0.3) is 0 Å². The molecule has 2 N–H and O–H groups in total. The number of hydrogen-bond donors (Lipinski definition) is 1. The second kappa shape index (κ2) is 7.40. The quantitative estimate of drug-likeness (QED) is 0.822. The van der Waals surface area contributed by atoms with E-state index in [-0.39, 0.29) is 0 Å². The molecule has 1 aromatic rings. The Balaban J connectivity index is 1.88. The molecular formula is C14H25N5O. The summed E-state index contributed by atoms with van der Waals surface area (Å²) in [5, 5.41) is 0. The molecule has 1 fully saturated rings. The third-order valence-corrected chi connectivity index (χ3v) is 3.54. The van der Waals surface area contributed by atoms with Gasteiger partial charge in [-0.1, -0.05) is 6.92 Å². The maximum Gasteiger partial charge on any atom is 0.228 e. The van der Waals surface area contributed by atoms with Gasteiger partial charge in [-0.2, -0.15) is 4.98 Å². The van der Waals surface area contributed by atoms with E-state index in [0.717, 1.165) is 45.2 Å². The van der Waals surface area contributed by atoms with Crippen LogP contribution < -0.4 is 15.4 Å². The summed E-state index contributed by atoms with van der Waals surface area (Å²) in [5.41, 5.74) is 5.68. The van der Waals surface area contributed by atoms with Gasteiger partial charge < -0.3 is 15.4 Å². The fourth-order valence-corrected chi connectivity index (χ4v) is 2.36. The van der Waals surface area contributed by atoms with Crippen molar-refractivity contribution in [1.29, 1.82) is 0 Å². The van der Waals surface area contributed by atoms with Crippen molar-refractivity contribution in [3.63, 3.8) is 0 Å². The number of nitrogens with two attached hydrogens (primary N) is 1. The molecule has 0 aromatic carbocycles. The first kappa shape index (κ1) is 15.0. The average Bonchev–Trinajstić information content (AvgIpc) is 2.48. The van der Waals surface area contributed by atoms with Crippen LogP contribution in [-0.4, -0.2) is 60.7 Å². The Bertz CT molecular complexity index is 406. The summed E-state index contributed by atoms with van der Waals surface area (Å²) in [6, 6.07) is 1.80. The molecule has 1 aromatic heterocycles. The van der Waals surface area contributed by atoms with Crippen LogP contribution in [0.3, 0.4) is 0 Å². The fourth-order valence-electron chi connectivity index (χ4n) is 2.36. The topological polar surface area (TPSA) is 67.5 Å². The third-order valence-electron chi connectivity index (χ3n) is 3.54. The molecule has 0 saturated carbocycles. The molecule has 1 aliphatic heterocycles. The van der Waals surface area contributed by atoms with E-state index in [9.17, 15) is 0 Å². The highest BCUT2D eigenvalue weighted by Crippen LogP contribution is 2.15. The normalized spacial score (nSPS) is 18.1. The Morgan fingerprint density at radius 3 is 2.75 bits per heavy atom. The van der Waals surface area contributed by atoms with Gasteiger partial charge in [0, 0.05) is 45.0 Å². The van der Waals surface area contributed by atoms with Crippen molar-refractivity contribution in [2.75, 3.05) is 50.8 Å². The van der Waals surface area contributed by atoms with Crippen LogP contribution in [0.15, 0.2) is 12.3 Å². The van der Waals surface area contributed by atoms with Crippen LogP contribution in [0.5, 0.6) is 5.88 Å². The van der Waals surface area contributed by atoms with Gasteiger partial charge in [-0.3, -0.25) is 4.90 Å². The predicted molar refractivity (Wildman–Crippen MR) is 80.1 cm³/mol. The SMILES string of the molecule is CCOc1ccnc(N2CCN(CC(C)CN)CC2)n1.